The Kier molecular flexibility index (Phi) is 5.02. The summed E-state index contributed by atoms with van der Waals surface area (Å²) in [6, 6.07) is 13.1. The first kappa shape index (κ1) is 17.7. The normalized spacial score (nSPS) is 15.9. The van der Waals surface area contributed by atoms with Crippen molar-refractivity contribution in [2.24, 2.45) is 0 Å². The first-order chi connectivity index (χ1) is 12.6. The molecule has 1 aliphatic rings. The second kappa shape index (κ2) is 7.39. The molecule has 1 heterocycles. The summed E-state index contributed by atoms with van der Waals surface area (Å²) < 4.78 is 16.0. The van der Waals surface area contributed by atoms with Crippen molar-refractivity contribution in [2.75, 3.05) is 21.3 Å². The molecule has 0 fully saturated rings. The van der Waals surface area contributed by atoms with Gasteiger partial charge in [0.25, 0.3) is 0 Å². The molecule has 1 aliphatic heterocycles. The van der Waals surface area contributed by atoms with Gasteiger partial charge in [-0.1, -0.05) is 18.2 Å². The van der Waals surface area contributed by atoms with E-state index in [4.69, 9.17) is 14.2 Å². The molecule has 0 aromatic heterocycles. The molecule has 0 unspecified atom stereocenters. The van der Waals surface area contributed by atoms with Gasteiger partial charge in [-0.3, -0.25) is 10.2 Å². The van der Waals surface area contributed by atoms with Crippen molar-refractivity contribution >= 4 is 11.6 Å². The number of methoxy groups -OCH3 is 3. The maximum atomic E-state index is 12.2. The third-order valence-electron chi connectivity index (χ3n) is 4.31. The van der Waals surface area contributed by atoms with Crippen molar-refractivity contribution in [1.29, 1.82) is 0 Å². The van der Waals surface area contributed by atoms with Crippen molar-refractivity contribution < 1.29 is 19.0 Å². The van der Waals surface area contributed by atoms with Gasteiger partial charge >= 0.3 is 0 Å². The Morgan fingerprint density at radius 3 is 2.42 bits per heavy atom. The predicted octanol–water partition coefficient (Wildman–Crippen LogP) is 3.16. The van der Waals surface area contributed by atoms with Crippen molar-refractivity contribution in [1.82, 2.24) is 10.4 Å². The molecule has 1 atom stereocenters. The first-order valence-electron chi connectivity index (χ1n) is 8.22. The highest BCUT2D eigenvalue weighted by Gasteiger charge is 2.29. The van der Waals surface area contributed by atoms with E-state index in [0.717, 1.165) is 22.6 Å². The summed E-state index contributed by atoms with van der Waals surface area (Å²) in [5.74, 6) is 1.94. The monoisotopic (exact) mass is 354 g/mol. The maximum absolute atomic E-state index is 12.2. The van der Waals surface area contributed by atoms with E-state index in [0.29, 0.717) is 11.5 Å². The van der Waals surface area contributed by atoms with Crippen molar-refractivity contribution in [2.45, 2.75) is 13.0 Å². The Bertz CT molecular complexity index is 847. The van der Waals surface area contributed by atoms with E-state index in [2.05, 4.69) is 5.43 Å². The largest absolute Gasteiger partial charge is 0.497 e. The third kappa shape index (κ3) is 3.31. The molecule has 6 nitrogen and oxygen atoms in total. The van der Waals surface area contributed by atoms with Crippen LogP contribution >= 0.6 is 0 Å². The molecule has 0 saturated heterocycles. The van der Waals surface area contributed by atoms with Gasteiger partial charge in [0, 0.05) is 12.5 Å². The fourth-order valence-electron chi connectivity index (χ4n) is 2.98. The van der Waals surface area contributed by atoms with E-state index in [1.54, 1.807) is 26.3 Å². The Labute approximate surface area is 152 Å². The van der Waals surface area contributed by atoms with Gasteiger partial charge < -0.3 is 14.2 Å². The van der Waals surface area contributed by atoms with Gasteiger partial charge in [0.2, 0.25) is 5.91 Å². The van der Waals surface area contributed by atoms with Gasteiger partial charge in [-0.25, -0.2) is 5.01 Å². The molecule has 1 amide bonds. The zero-order valence-corrected chi connectivity index (χ0v) is 15.3. The van der Waals surface area contributed by atoms with Crippen molar-refractivity contribution in [3.8, 4) is 17.2 Å². The first-order valence-corrected chi connectivity index (χ1v) is 8.22. The number of rotatable bonds is 5. The second-order valence-electron chi connectivity index (χ2n) is 5.87. The van der Waals surface area contributed by atoms with Gasteiger partial charge in [-0.2, -0.15) is 0 Å². The number of carbonyl (C=O) groups is 1. The fraction of sp³-hybridized carbons (Fsp3) is 0.250. The smallest absolute Gasteiger partial charge is 0.238 e. The zero-order chi connectivity index (χ0) is 18.7. The minimum atomic E-state index is -0.256. The van der Waals surface area contributed by atoms with Crippen LogP contribution in [-0.2, 0) is 4.79 Å². The number of nitrogens with one attached hydrogen (secondary N) is 1. The zero-order valence-electron chi connectivity index (χ0n) is 15.3. The standard InChI is InChI=1S/C20H22N2O4/c1-13(23)22-18(15-8-9-19(25-3)20(11-15)26-4)12-17(21-22)14-6-5-7-16(10-14)24-2/h5-12,18,21H,1-4H3/t18-/m0/s1. The molecule has 0 radical (unpaired) electrons. The average Bonchev–Trinajstić information content (AvgIpc) is 3.13. The lowest BCUT2D eigenvalue weighted by atomic mass is 10.0. The summed E-state index contributed by atoms with van der Waals surface area (Å²) in [7, 11) is 4.82. The van der Waals surface area contributed by atoms with Gasteiger partial charge in [0.15, 0.2) is 11.5 Å². The molecule has 6 heteroatoms. The van der Waals surface area contributed by atoms with Crippen molar-refractivity contribution in [3.63, 3.8) is 0 Å². The van der Waals surface area contributed by atoms with E-state index >= 15 is 0 Å². The summed E-state index contributed by atoms with van der Waals surface area (Å²) in [4.78, 5) is 12.2. The average molecular weight is 354 g/mol. The molecule has 3 rings (SSSR count). The number of ether oxygens (including phenoxy) is 3. The number of amides is 1. The van der Waals surface area contributed by atoms with E-state index in [1.807, 2.05) is 48.5 Å². The molecule has 136 valence electrons. The third-order valence-corrected chi connectivity index (χ3v) is 4.31. The highest BCUT2D eigenvalue weighted by atomic mass is 16.5. The lowest BCUT2D eigenvalue weighted by Crippen LogP contribution is -2.37. The van der Waals surface area contributed by atoms with Crippen LogP contribution in [-0.4, -0.2) is 32.2 Å². The molecule has 0 spiro atoms. The van der Waals surface area contributed by atoms with Crippen LogP contribution in [0, 0.1) is 0 Å². The van der Waals surface area contributed by atoms with Crippen LogP contribution < -0.4 is 19.6 Å². The summed E-state index contributed by atoms with van der Waals surface area (Å²) in [6.45, 7) is 1.53. The summed E-state index contributed by atoms with van der Waals surface area (Å²) in [5, 5.41) is 1.59. The number of benzene rings is 2. The molecule has 0 bridgehead atoms. The minimum absolute atomic E-state index is 0.0843. The molecular weight excluding hydrogens is 332 g/mol. The summed E-state index contributed by atoms with van der Waals surface area (Å²) in [6.07, 6.45) is 2.01. The van der Waals surface area contributed by atoms with Gasteiger partial charge in [0.1, 0.15) is 5.75 Å². The molecule has 1 N–H and O–H groups in total. The highest BCUT2D eigenvalue weighted by molar-refractivity contribution is 5.79. The van der Waals surface area contributed by atoms with E-state index in [9.17, 15) is 4.79 Å². The topological polar surface area (TPSA) is 60.0 Å². The second-order valence-corrected chi connectivity index (χ2v) is 5.87. The Morgan fingerprint density at radius 2 is 1.77 bits per heavy atom. The number of nitrogens with zero attached hydrogens (tertiary/aromatic N) is 1. The summed E-state index contributed by atoms with van der Waals surface area (Å²) in [5.41, 5.74) is 5.90. The Hall–Kier alpha value is -3.15. The van der Waals surface area contributed by atoms with Crippen molar-refractivity contribution in [3.05, 3.63) is 59.7 Å². The molecule has 0 aliphatic carbocycles. The van der Waals surface area contributed by atoms with E-state index < -0.39 is 0 Å². The maximum Gasteiger partial charge on any atom is 0.238 e. The van der Waals surface area contributed by atoms with Gasteiger partial charge in [0.05, 0.1) is 33.1 Å². The lowest BCUT2D eigenvalue weighted by Gasteiger charge is -2.24. The van der Waals surface area contributed by atoms with Crippen LogP contribution in [0.15, 0.2) is 48.5 Å². The van der Waals surface area contributed by atoms with E-state index in [1.165, 1.54) is 6.92 Å². The predicted molar refractivity (Wildman–Crippen MR) is 98.9 cm³/mol. The quantitative estimate of drug-likeness (QED) is 0.894. The van der Waals surface area contributed by atoms with Crippen LogP contribution in [0.5, 0.6) is 17.2 Å². The number of hydrazine groups is 1. The van der Waals surface area contributed by atoms with Gasteiger partial charge in [-0.05, 0) is 35.9 Å². The van der Waals surface area contributed by atoms with Gasteiger partial charge in [-0.15, -0.1) is 0 Å². The number of carbonyl (C=O) groups excluding carboxylic acids is 1. The SMILES string of the molecule is COc1cccc(C2=C[C@@H](c3ccc(OC)c(OC)c3)N(C(C)=O)N2)c1. The molecule has 2 aromatic rings. The van der Waals surface area contributed by atoms with Crippen LogP contribution in [0.3, 0.4) is 0 Å². The van der Waals surface area contributed by atoms with Crippen LogP contribution in [0.4, 0.5) is 0 Å². The van der Waals surface area contributed by atoms with E-state index in [-0.39, 0.29) is 11.9 Å². The minimum Gasteiger partial charge on any atom is -0.497 e. The summed E-state index contributed by atoms with van der Waals surface area (Å²) >= 11 is 0. The molecular formula is C20H22N2O4. The Morgan fingerprint density at radius 1 is 1.00 bits per heavy atom. The molecule has 2 aromatic carbocycles. The highest BCUT2D eigenvalue weighted by Crippen LogP contribution is 2.36. The van der Waals surface area contributed by atoms with Crippen LogP contribution in [0.2, 0.25) is 0 Å². The Balaban J connectivity index is 2.00. The number of hydrogen-bond acceptors (Lipinski definition) is 5. The fourth-order valence-corrected chi connectivity index (χ4v) is 2.98. The molecule has 26 heavy (non-hydrogen) atoms. The van der Waals surface area contributed by atoms with Crippen LogP contribution in [0.25, 0.3) is 5.70 Å². The lowest BCUT2D eigenvalue weighted by molar-refractivity contribution is -0.132. The number of hydrogen-bond donors (Lipinski definition) is 1. The molecule has 0 saturated carbocycles. The van der Waals surface area contributed by atoms with Crippen LogP contribution in [0.1, 0.15) is 24.1 Å².